The van der Waals surface area contributed by atoms with Gasteiger partial charge in [0.15, 0.2) is 0 Å². The molecule has 1 atom stereocenters. The largest absolute Gasteiger partial charge is 0.452 e. The van der Waals surface area contributed by atoms with E-state index in [1.165, 1.54) is 0 Å². The lowest BCUT2D eigenvalue weighted by atomic mass is 10.2. The van der Waals surface area contributed by atoms with Gasteiger partial charge in [-0.2, -0.15) is 0 Å². The summed E-state index contributed by atoms with van der Waals surface area (Å²) < 4.78 is 10.6. The lowest BCUT2D eigenvalue weighted by Crippen LogP contribution is -2.51. The monoisotopic (exact) mass is 341 g/mol. The van der Waals surface area contributed by atoms with Gasteiger partial charge in [-0.3, -0.25) is 4.79 Å². The highest BCUT2D eigenvalue weighted by Gasteiger charge is 2.44. The minimum atomic E-state index is -1.97. The topological polar surface area (TPSA) is 64.6 Å². The molecule has 0 saturated carbocycles. The third-order valence-electron chi connectivity index (χ3n) is 3.89. The Morgan fingerprint density at radius 3 is 2.04 bits per heavy atom. The normalized spacial score (nSPS) is 13.4. The smallest absolute Gasteiger partial charge is 0.408 e. The molecule has 0 aliphatic heterocycles. The molecule has 0 bridgehead atoms. The molecule has 1 N–H and O–H groups in total. The van der Waals surface area contributed by atoms with Crippen LogP contribution in [-0.4, -0.2) is 38.0 Å². The molecule has 0 rings (SSSR count). The second-order valence-electron chi connectivity index (χ2n) is 8.09. The predicted molar refractivity (Wildman–Crippen MR) is 94.8 cm³/mol. The lowest BCUT2D eigenvalue weighted by Gasteiger charge is -2.39. The van der Waals surface area contributed by atoms with Gasteiger partial charge < -0.3 is 14.8 Å². The van der Waals surface area contributed by atoms with Crippen LogP contribution in [0.3, 0.4) is 0 Å². The summed E-state index contributed by atoms with van der Waals surface area (Å²) in [4.78, 5) is 23.6. The molecule has 132 valence electrons. The maximum absolute atomic E-state index is 12.0. The number of ether oxygens (including phenoxy) is 2. The number of carbonyl (C=O) groups is 2. The summed E-state index contributed by atoms with van der Waals surface area (Å²) in [6.45, 7) is 17.5. The summed E-state index contributed by atoms with van der Waals surface area (Å²) in [5.41, 5.74) is -1.02. The first-order valence-corrected chi connectivity index (χ1v) is 10.9. The molecule has 5 nitrogen and oxygen atoms in total. The highest BCUT2D eigenvalue weighted by Crippen LogP contribution is 2.39. The lowest BCUT2D eigenvalue weighted by molar-refractivity contribution is -0.143. The van der Waals surface area contributed by atoms with Crippen LogP contribution in [0, 0.1) is 11.8 Å². The molecule has 0 radical (unpaired) electrons. The molecule has 1 amide bonds. The van der Waals surface area contributed by atoms with Gasteiger partial charge in [0.25, 0.3) is 0 Å². The van der Waals surface area contributed by atoms with Gasteiger partial charge in [-0.05, 0) is 32.7 Å². The average Bonchev–Trinajstić information content (AvgIpc) is 2.32. The first kappa shape index (κ1) is 21.5. The van der Waals surface area contributed by atoms with Gasteiger partial charge >= 0.3 is 12.1 Å². The minimum Gasteiger partial charge on any atom is -0.452 e. The fourth-order valence-corrected chi connectivity index (χ4v) is 3.23. The van der Waals surface area contributed by atoms with Crippen LogP contribution in [-0.2, 0) is 14.3 Å². The second-order valence-corrected chi connectivity index (χ2v) is 13.6. The molecule has 0 aromatic rings. The third-order valence-corrected chi connectivity index (χ3v) is 9.33. The highest BCUT2D eigenvalue weighted by atomic mass is 28.3. The van der Waals surface area contributed by atoms with Gasteiger partial charge in [0.1, 0.15) is 25.9 Å². The number of rotatable bonds is 4. The maximum Gasteiger partial charge on any atom is 0.408 e. The van der Waals surface area contributed by atoms with Crippen molar-refractivity contribution in [2.24, 2.45) is 0 Å². The molecule has 0 aliphatic carbocycles. The zero-order valence-electron chi connectivity index (χ0n) is 15.9. The van der Waals surface area contributed by atoms with Crippen molar-refractivity contribution in [2.45, 2.75) is 77.9 Å². The number of alkyl carbamates (subject to hydrolysis) is 1. The summed E-state index contributed by atoms with van der Waals surface area (Å²) in [6.07, 6.45) is -0.639. The van der Waals surface area contributed by atoms with Crippen molar-refractivity contribution in [3.8, 4) is 11.8 Å². The number of hydrogen-bond acceptors (Lipinski definition) is 4. The van der Waals surface area contributed by atoms with Crippen LogP contribution in [0.1, 0.15) is 48.5 Å². The van der Waals surface area contributed by atoms with Gasteiger partial charge in [-0.1, -0.05) is 39.8 Å². The first-order valence-electron chi connectivity index (χ1n) is 7.79. The summed E-state index contributed by atoms with van der Waals surface area (Å²) in [7, 11) is -1.97. The van der Waals surface area contributed by atoms with Crippen molar-refractivity contribution in [3.05, 3.63) is 0 Å². The maximum atomic E-state index is 12.0. The number of esters is 1. The van der Waals surface area contributed by atoms with Crippen LogP contribution in [0.15, 0.2) is 0 Å². The molecule has 6 heteroatoms. The van der Waals surface area contributed by atoms with Crippen molar-refractivity contribution in [1.82, 2.24) is 5.32 Å². The van der Waals surface area contributed by atoms with E-state index in [4.69, 9.17) is 9.47 Å². The Morgan fingerprint density at radius 1 is 1.13 bits per heavy atom. The number of hydrogen-bond donors (Lipinski definition) is 1. The number of nitrogens with one attached hydrogen (secondary N) is 1. The van der Waals surface area contributed by atoms with Crippen LogP contribution < -0.4 is 5.32 Å². The van der Waals surface area contributed by atoms with Crippen molar-refractivity contribution < 1.29 is 19.1 Å². The molecular formula is C17H31NO4Si. The molecule has 0 aromatic heterocycles. The fraction of sp³-hybridized carbons (Fsp3) is 0.765. The van der Waals surface area contributed by atoms with Crippen molar-refractivity contribution >= 4 is 20.1 Å². The van der Waals surface area contributed by atoms with Crippen LogP contribution >= 0.6 is 0 Å². The molecule has 0 aromatic carbocycles. The van der Waals surface area contributed by atoms with Gasteiger partial charge in [0.2, 0.25) is 0 Å². The van der Waals surface area contributed by atoms with E-state index >= 15 is 0 Å². The zero-order valence-corrected chi connectivity index (χ0v) is 16.9. The third kappa shape index (κ3) is 7.55. The van der Waals surface area contributed by atoms with E-state index in [1.54, 1.807) is 27.7 Å². The van der Waals surface area contributed by atoms with Crippen molar-refractivity contribution in [1.29, 1.82) is 0 Å². The first-order chi connectivity index (χ1) is 10.2. The Morgan fingerprint density at radius 2 is 1.65 bits per heavy atom. The summed E-state index contributed by atoms with van der Waals surface area (Å²) in [5, 5.41) is 2.44. The van der Waals surface area contributed by atoms with Crippen LogP contribution in [0.4, 0.5) is 4.79 Å². The Kier molecular flexibility index (Phi) is 7.36. The molecular weight excluding hydrogens is 310 g/mol. The molecule has 0 saturated heterocycles. The Bertz CT molecular complexity index is 489. The molecule has 0 aliphatic rings. The Labute approximate surface area is 141 Å². The standard InChI is InChI=1S/C17H31NO4Si/c1-10-11-14(23(8,9)17(5,6)7)21-13(19)12-18-15(20)22-16(2,3)4/h14H,12H2,1-9H3,(H,18,20)/t14-/m1/s1. The Balaban J connectivity index is 4.77. The van der Waals surface area contributed by atoms with Crippen LogP contribution in [0.25, 0.3) is 0 Å². The van der Waals surface area contributed by atoms with E-state index < -0.39 is 31.5 Å². The molecule has 23 heavy (non-hydrogen) atoms. The van der Waals surface area contributed by atoms with Crippen LogP contribution in [0.2, 0.25) is 18.1 Å². The minimum absolute atomic E-state index is 0.0282. The summed E-state index contributed by atoms with van der Waals surface area (Å²) in [6, 6.07) is 0. The molecule has 0 unspecified atom stereocenters. The average molecular weight is 342 g/mol. The Hall–Kier alpha value is -1.48. The van der Waals surface area contributed by atoms with E-state index in [-0.39, 0.29) is 11.6 Å². The van der Waals surface area contributed by atoms with Crippen LogP contribution in [0.5, 0.6) is 0 Å². The van der Waals surface area contributed by atoms with E-state index in [9.17, 15) is 9.59 Å². The van der Waals surface area contributed by atoms with E-state index in [0.29, 0.717) is 0 Å². The van der Waals surface area contributed by atoms with E-state index in [1.807, 2.05) is 0 Å². The van der Waals surface area contributed by atoms with Crippen molar-refractivity contribution in [3.63, 3.8) is 0 Å². The van der Waals surface area contributed by atoms with Gasteiger partial charge in [0.05, 0.1) is 0 Å². The second kappa shape index (κ2) is 7.87. The van der Waals surface area contributed by atoms with E-state index in [2.05, 4.69) is 51.0 Å². The molecule has 0 spiro atoms. The summed E-state index contributed by atoms with van der Waals surface area (Å²) >= 11 is 0. The van der Waals surface area contributed by atoms with Gasteiger partial charge in [-0.15, -0.1) is 5.92 Å². The van der Waals surface area contributed by atoms with Gasteiger partial charge in [0, 0.05) is 0 Å². The molecule has 0 fully saturated rings. The zero-order chi connectivity index (χ0) is 18.5. The summed E-state index contributed by atoms with van der Waals surface area (Å²) in [5.74, 6) is 5.35. The fourth-order valence-electron chi connectivity index (χ4n) is 1.51. The highest BCUT2D eigenvalue weighted by molar-refractivity contribution is 6.82. The number of carbonyl (C=O) groups excluding carboxylic acids is 2. The van der Waals surface area contributed by atoms with Gasteiger partial charge in [-0.25, -0.2) is 4.79 Å². The SMILES string of the molecule is CC#C[C@H](OC(=O)CNC(=O)OC(C)(C)C)[Si](C)(C)C(C)(C)C. The predicted octanol–water partition coefficient (Wildman–Crippen LogP) is 3.49. The van der Waals surface area contributed by atoms with Crippen molar-refractivity contribution in [2.75, 3.05) is 6.54 Å². The number of amides is 1. The molecule has 0 heterocycles. The quantitative estimate of drug-likeness (QED) is 0.483. The van der Waals surface area contributed by atoms with E-state index in [0.717, 1.165) is 0 Å².